The Morgan fingerprint density at radius 2 is 2.18 bits per heavy atom. The Balaban J connectivity index is 2.13. The van der Waals surface area contributed by atoms with Crippen LogP contribution < -0.4 is 5.43 Å². The zero-order chi connectivity index (χ0) is 11.9. The number of hydrazone groups is 1. The highest BCUT2D eigenvalue weighted by Gasteiger charge is 2.51. The molecule has 3 rings (SSSR count). The number of hydrogen-bond donors (Lipinski definition) is 1. The maximum Gasteiger partial charge on any atom is 0.157 e. The first-order valence-electron chi connectivity index (χ1n) is 5.54. The standard InChI is InChI=1S/C13H10N4/c14-7-11-12(8-15)16-17-13(11)6-5-9-3-1-2-4-10(9)13/h1-4,11,17H,5-6H2. The molecule has 2 atom stereocenters. The predicted octanol–water partition coefficient (Wildman–Crippen LogP) is 1.45. The molecule has 1 aromatic carbocycles. The smallest absolute Gasteiger partial charge is 0.157 e. The van der Waals surface area contributed by atoms with Crippen molar-refractivity contribution in [3.05, 3.63) is 35.4 Å². The van der Waals surface area contributed by atoms with E-state index in [-0.39, 0.29) is 0 Å². The van der Waals surface area contributed by atoms with E-state index in [0.29, 0.717) is 5.71 Å². The molecule has 4 heteroatoms. The summed E-state index contributed by atoms with van der Waals surface area (Å²) >= 11 is 0. The summed E-state index contributed by atoms with van der Waals surface area (Å²) in [5, 5.41) is 22.3. The molecule has 1 spiro atoms. The van der Waals surface area contributed by atoms with Gasteiger partial charge in [-0.1, -0.05) is 24.3 Å². The highest BCUT2D eigenvalue weighted by Crippen LogP contribution is 2.44. The van der Waals surface area contributed by atoms with Gasteiger partial charge in [0.05, 0.1) is 6.07 Å². The Hall–Kier alpha value is -2.33. The minimum Gasteiger partial charge on any atom is -0.297 e. The lowest BCUT2D eigenvalue weighted by Crippen LogP contribution is -2.40. The average molecular weight is 222 g/mol. The second-order valence-electron chi connectivity index (χ2n) is 4.41. The topological polar surface area (TPSA) is 72.0 Å². The van der Waals surface area contributed by atoms with E-state index in [1.165, 1.54) is 5.56 Å². The van der Waals surface area contributed by atoms with Crippen molar-refractivity contribution in [3.63, 3.8) is 0 Å². The molecule has 4 nitrogen and oxygen atoms in total. The minimum absolute atomic E-state index is 0.296. The summed E-state index contributed by atoms with van der Waals surface area (Å²) in [6.45, 7) is 0. The second kappa shape index (κ2) is 3.33. The molecule has 2 aliphatic rings. The Bertz CT molecular complexity index is 590. The predicted molar refractivity (Wildman–Crippen MR) is 61.7 cm³/mol. The van der Waals surface area contributed by atoms with Gasteiger partial charge in [0.25, 0.3) is 0 Å². The number of benzene rings is 1. The molecule has 0 bridgehead atoms. The van der Waals surface area contributed by atoms with E-state index in [1.54, 1.807) is 0 Å². The Kier molecular flexibility index (Phi) is 1.93. The van der Waals surface area contributed by atoms with Crippen LogP contribution in [0.5, 0.6) is 0 Å². The lowest BCUT2D eigenvalue weighted by Gasteiger charge is -2.27. The van der Waals surface area contributed by atoms with E-state index < -0.39 is 11.5 Å². The molecule has 0 fully saturated rings. The van der Waals surface area contributed by atoms with Gasteiger partial charge in [0.2, 0.25) is 0 Å². The normalized spacial score (nSPS) is 29.1. The average Bonchev–Trinajstić information content (AvgIpc) is 2.93. The van der Waals surface area contributed by atoms with Gasteiger partial charge in [0, 0.05) is 0 Å². The molecule has 1 heterocycles. The van der Waals surface area contributed by atoms with Gasteiger partial charge in [0.15, 0.2) is 5.71 Å². The molecule has 2 unspecified atom stereocenters. The first kappa shape index (κ1) is 9.86. The first-order valence-corrected chi connectivity index (χ1v) is 5.54. The Labute approximate surface area is 99.2 Å². The third-order valence-corrected chi connectivity index (χ3v) is 3.67. The van der Waals surface area contributed by atoms with Crippen LogP contribution in [0.2, 0.25) is 0 Å². The lowest BCUT2D eigenvalue weighted by molar-refractivity contribution is 0.334. The van der Waals surface area contributed by atoms with Crippen LogP contribution >= 0.6 is 0 Å². The van der Waals surface area contributed by atoms with Crippen molar-refractivity contribution >= 4 is 5.71 Å². The van der Waals surface area contributed by atoms with Crippen LogP contribution in [0, 0.1) is 28.6 Å². The molecule has 82 valence electrons. The second-order valence-corrected chi connectivity index (χ2v) is 4.41. The molecular formula is C13H10N4. The lowest BCUT2D eigenvalue weighted by atomic mass is 9.79. The number of nitriles is 2. The van der Waals surface area contributed by atoms with Crippen LogP contribution in [0.15, 0.2) is 29.4 Å². The van der Waals surface area contributed by atoms with E-state index in [9.17, 15) is 5.26 Å². The molecule has 1 aliphatic carbocycles. The van der Waals surface area contributed by atoms with Crippen molar-refractivity contribution in [2.45, 2.75) is 18.4 Å². The van der Waals surface area contributed by atoms with E-state index in [2.05, 4.69) is 22.7 Å². The fraction of sp³-hybridized carbons (Fsp3) is 0.308. The summed E-state index contributed by atoms with van der Waals surface area (Å²) < 4.78 is 0. The van der Waals surface area contributed by atoms with Crippen LogP contribution in [0.3, 0.4) is 0 Å². The molecule has 0 saturated heterocycles. The van der Waals surface area contributed by atoms with Crippen LogP contribution in [-0.4, -0.2) is 5.71 Å². The van der Waals surface area contributed by atoms with Gasteiger partial charge in [-0.05, 0) is 24.0 Å². The molecule has 1 aromatic rings. The molecule has 1 N–H and O–H groups in total. The zero-order valence-corrected chi connectivity index (χ0v) is 9.14. The van der Waals surface area contributed by atoms with Gasteiger partial charge >= 0.3 is 0 Å². The number of nitrogens with one attached hydrogen (secondary N) is 1. The van der Waals surface area contributed by atoms with E-state index in [1.807, 2.05) is 24.3 Å². The quantitative estimate of drug-likeness (QED) is 0.722. The van der Waals surface area contributed by atoms with E-state index in [0.717, 1.165) is 18.4 Å². The molecular weight excluding hydrogens is 212 g/mol. The molecule has 17 heavy (non-hydrogen) atoms. The highest BCUT2D eigenvalue weighted by molar-refractivity contribution is 6.04. The minimum atomic E-state index is -0.476. The third-order valence-electron chi connectivity index (χ3n) is 3.67. The van der Waals surface area contributed by atoms with Gasteiger partial charge in [-0.2, -0.15) is 15.6 Å². The van der Waals surface area contributed by atoms with Crippen molar-refractivity contribution in [3.8, 4) is 12.1 Å². The molecule has 0 aromatic heterocycles. The largest absolute Gasteiger partial charge is 0.297 e. The van der Waals surface area contributed by atoms with Crippen molar-refractivity contribution in [2.24, 2.45) is 11.0 Å². The molecule has 0 amide bonds. The van der Waals surface area contributed by atoms with Gasteiger partial charge in [-0.3, -0.25) is 5.43 Å². The molecule has 1 aliphatic heterocycles. The van der Waals surface area contributed by atoms with Crippen LogP contribution in [0.4, 0.5) is 0 Å². The van der Waals surface area contributed by atoms with E-state index >= 15 is 0 Å². The maximum absolute atomic E-state index is 9.30. The van der Waals surface area contributed by atoms with Crippen LogP contribution in [0.25, 0.3) is 0 Å². The van der Waals surface area contributed by atoms with E-state index in [4.69, 9.17) is 5.26 Å². The number of hydrogen-bond acceptors (Lipinski definition) is 4. The summed E-state index contributed by atoms with van der Waals surface area (Å²) in [4.78, 5) is 0. The number of rotatable bonds is 0. The first-order chi connectivity index (χ1) is 8.31. The Morgan fingerprint density at radius 1 is 1.35 bits per heavy atom. The summed E-state index contributed by atoms with van der Waals surface area (Å²) in [5.74, 6) is -0.476. The summed E-state index contributed by atoms with van der Waals surface area (Å²) in [6, 6.07) is 12.3. The fourth-order valence-electron chi connectivity index (χ4n) is 2.84. The maximum atomic E-state index is 9.30. The highest BCUT2D eigenvalue weighted by atomic mass is 15.4. The van der Waals surface area contributed by atoms with Gasteiger partial charge in [0.1, 0.15) is 17.5 Å². The third kappa shape index (κ3) is 1.13. The van der Waals surface area contributed by atoms with Crippen LogP contribution in [-0.2, 0) is 12.0 Å². The summed E-state index contributed by atoms with van der Waals surface area (Å²) in [7, 11) is 0. The SMILES string of the molecule is N#CC1=NNC2(CCc3ccccc32)C1C#N. The number of nitrogens with zero attached hydrogens (tertiary/aromatic N) is 3. The van der Waals surface area contributed by atoms with Crippen LogP contribution in [0.1, 0.15) is 17.5 Å². The molecule has 0 radical (unpaired) electrons. The van der Waals surface area contributed by atoms with Crippen molar-refractivity contribution in [1.82, 2.24) is 5.43 Å². The fourth-order valence-corrected chi connectivity index (χ4v) is 2.84. The number of fused-ring (bicyclic) bond motifs is 2. The summed E-state index contributed by atoms with van der Waals surface area (Å²) in [6.07, 6.45) is 1.74. The molecule has 0 saturated carbocycles. The summed E-state index contributed by atoms with van der Waals surface area (Å²) in [5.41, 5.74) is 5.21. The van der Waals surface area contributed by atoms with Crippen molar-refractivity contribution in [1.29, 1.82) is 10.5 Å². The van der Waals surface area contributed by atoms with Crippen molar-refractivity contribution < 1.29 is 0 Å². The van der Waals surface area contributed by atoms with Crippen molar-refractivity contribution in [2.75, 3.05) is 0 Å². The zero-order valence-electron chi connectivity index (χ0n) is 9.14. The Morgan fingerprint density at radius 3 is 2.94 bits per heavy atom. The van der Waals surface area contributed by atoms with Gasteiger partial charge in [-0.25, -0.2) is 0 Å². The monoisotopic (exact) mass is 222 g/mol. The number of aryl methyl sites for hydroxylation is 1. The van der Waals surface area contributed by atoms with Gasteiger partial charge in [-0.15, -0.1) is 0 Å². The van der Waals surface area contributed by atoms with Gasteiger partial charge < -0.3 is 0 Å².